The molecule has 1 rings (SSSR count). The summed E-state index contributed by atoms with van der Waals surface area (Å²) < 4.78 is 5.16. The van der Waals surface area contributed by atoms with Gasteiger partial charge in [0, 0.05) is 6.54 Å². The molecule has 0 unspecified atom stereocenters. The molecule has 20 heavy (non-hydrogen) atoms. The lowest BCUT2D eigenvalue weighted by Gasteiger charge is -2.19. The van der Waals surface area contributed by atoms with Crippen LogP contribution in [0, 0.1) is 13.8 Å². The van der Waals surface area contributed by atoms with E-state index in [0.717, 1.165) is 6.42 Å². The van der Waals surface area contributed by atoms with Crippen LogP contribution in [0.2, 0.25) is 0 Å². The Morgan fingerprint density at radius 2 is 2.00 bits per heavy atom. The molecule has 0 saturated carbocycles. The molecule has 3 heteroatoms. The number of carbonyl (C=O) groups excluding carboxylic acids is 1. The van der Waals surface area contributed by atoms with E-state index in [0.29, 0.717) is 6.54 Å². The number of nitrogens with one attached hydrogen (secondary N) is 1. The standard InChI is InChI=1S/C17H25NO2/c1-13-9-10-14(2)15(12-13)8-6-7-11-18-16(19)20-17(3,4)5/h6,8-10,12H,7,11H2,1-5H3,(H,18,19). The Balaban J connectivity index is 2.36. The van der Waals surface area contributed by atoms with E-state index in [9.17, 15) is 4.79 Å². The molecule has 0 aromatic heterocycles. The van der Waals surface area contributed by atoms with Gasteiger partial charge in [-0.1, -0.05) is 35.9 Å². The number of carbonyl (C=O) groups is 1. The van der Waals surface area contributed by atoms with Gasteiger partial charge < -0.3 is 10.1 Å². The summed E-state index contributed by atoms with van der Waals surface area (Å²) in [6.45, 7) is 10.3. The van der Waals surface area contributed by atoms with E-state index in [2.05, 4.69) is 49.5 Å². The van der Waals surface area contributed by atoms with Crippen LogP contribution in [-0.2, 0) is 4.74 Å². The summed E-state index contributed by atoms with van der Waals surface area (Å²) in [5, 5.41) is 2.74. The number of benzene rings is 1. The minimum absolute atomic E-state index is 0.363. The van der Waals surface area contributed by atoms with E-state index in [1.807, 2.05) is 20.8 Å². The fourth-order valence-electron chi connectivity index (χ4n) is 1.72. The largest absolute Gasteiger partial charge is 0.444 e. The van der Waals surface area contributed by atoms with Crippen molar-refractivity contribution >= 4 is 12.2 Å². The van der Waals surface area contributed by atoms with Crippen LogP contribution >= 0.6 is 0 Å². The van der Waals surface area contributed by atoms with Crippen molar-refractivity contribution in [3.05, 3.63) is 41.0 Å². The zero-order valence-corrected chi connectivity index (χ0v) is 13.1. The number of hydrogen-bond donors (Lipinski definition) is 1. The minimum atomic E-state index is -0.446. The summed E-state index contributed by atoms with van der Waals surface area (Å²) in [7, 11) is 0. The first-order chi connectivity index (χ1) is 9.28. The van der Waals surface area contributed by atoms with Crippen LogP contribution in [0.4, 0.5) is 4.79 Å². The predicted molar refractivity (Wildman–Crippen MR) is 83.8 cm³/mol. The topological polar surface area (TPSA) is 38.3 Å². The van der Waals surface area contributed by atoms with Crippen LogP contribution in [0.1, 0.15) is 43.9 Å². The fourth-order valence-corrected chi connectivity index (χ4v) is 1.72. The van der Waals surface area contributed by atoms with Crippen molar-refractivity contribution in [1.82, 2.24) is 5.32 Å². The second-order valence-corrected chi connectivity index (χ2v) is 5.98. The third-order valence-electron chi connectivity index (χ3n) is 2.71. The fraction of sp³-hybridized carbons (Fsp3) is 0.471. The number of alkyl carbamates (subject to hydrolysis) is 1. The summed E-state index contributed by atoms with van der Waals surface area (Å²) >= 11 is 0. The van der Waals surface area contributed by atoms with Gasteiger partial charge in [-0.15, -0.1) is 0 Å². The molecule has 3 nitrogen and oxygen atoms in total. The van der Waals surface area contributed by atoms with Crippen molar-refractivity contribution in [2.45, 2.75) is 46.6 Å². The molecule has 0 bridgehead atoms. The second kappa shape index (κ2) is 7.13. The van der Waals surface area contributed by atoms with Gasteiger partial charge in [-0.3, -0.25) is 0 Å². The molecule has 0 spiro atoms. The molecule has 0 fully saturated rings. The smallest absolute Gasteiger partial charge is 0.407 e. The van der Waals surface area contributed by atoms with Gasteiger partial charge in [-0.05, 0) is 52.2 Å². The van der Waals surface area contributed by atoms with Crippen LogP contribution in [0.5, 0.6) is 0 Å². The van der Waals surface area contributed by atoms with Crippen LogP contribution in [-0.4, -0.2) is 18.2 Å². The third-order valence-corrected chi connectivity index (χ3v) is 2.71. The van der Waals surface area contributed by atoms with Crippen molar-refractivity contribution in [3.8, 4) is 0 Å². The van der Waals surface area contributed by atoms with E-state index in [-0.39, 0.29) is 6.09 Å². The maximum Gasteiger partial charge on any atom is 0.407 e. The molecule has 0 aliphatic heterocycles. The lowest BCUT2D eigenvalue weighted by atomic mass is 10.1. The average Bonchev–Trinajstić information content (AvgIpc) is 2.30. The normalized spacial score (nSPS) is 11.7. The van der Waals surface area contributed by atoms with E-state index >= 15 is 0 Å². The number of amides is 1. The Hall–Kier alpha value is -1.77. The van der Waals surface area contributed by atoms with Crippen molar-refractivity contribution < 1.29 is 9.53 Å². The van der Waals surface area contributed by atoms with Crippen LogP contribution in [0.15, 0.2) is 24.3 Å². The van der Waals surface area contributed by atoms with Crippen LogP contribution in [0.25, 0.3) is 6.08 Å². The summed E-state index contributed by atoms with van der Waals surface area (Å²) in [6, 6.07) is 6.39. The Labute approximate surface area is 122 Å². The lowest BCUT2D eigenvalue weighted by Crippen LogP contribution is -2.32. The first-order valence-electron chi connectivity index (χ1n) is 6.98. The number of ether oxygens (including phenoxy) is 1. The van der Waals surface area contributed by atoms with Crippen molar-refractivity contribution in [3.63, 3.8) is 0 Å². The third kappa shape index (κ3) is 6.41. The molecular formula is C17H25NO2. The SMILES string of the molecule is Cc1ccc(C)c(C=CCCNC(=O)OC(C)(C)C)c1. The highest BCUT2D eigenvalue weighted by Gasteiger charge is 2.15. The van der Waals surface area contributed by atoms with E-state index < -0.39 is 5.60 Å². The molecule has 0 aliphatic carbocycles. The van der Waals surface area contributed by atoms with Crippen molar-refractivity contribution in [2.24, 2.45) is 0 Å². The van der Waals surface area contributed by atoms with Gasteiger partial charge >= 0.3 is 6.09 Å². The van der Waals surface area contributed by atoms with Gasteiger partial charge in [0.1, 0.15) is 5.60 Å². The molecule has 1 amide bonds. The zero-order valence-electron chi connectivity index (χ0n) is 13.1. The van der Waals surface area contributed by atoms with Crippen LogP contribution < -0.4 is 5.32 Å². The summed E-state index contributed by atoms with van der Waals surface area (Å²) in [5.74, 6) is 0. The van der Waals surface area contributed by atoms with Crippen molar-refractivity contribution in [2.75, 3.05) is 6.54 Å². The molecule has 110 valence electrons. The van der Waals surface area contributed by atoms with Crippen molar-refractivity contribution in [1.29, 1.82) is 0 Å². The highest BCUT2D eigenvalue weighted by atomic mass is 16.6. The molecule has 0 aliphatic rings. The summed E-state index contributed by atoms with van der Waals surface area (Å²) in [4.78, 5) is 11.4. The first-order valence-corrected chi connectivity index (χ1v) is 6.98. The summed E-state index contributed by atoms with van der Waals surface area (Å²) in [5.41, 5.74) is 3.29. The van der Waals surface area contributed by atoms with E-state index in [4.69, 9.17) is 4.74 Å². The predicted octanol–water partition coefficient (Wildman–Crippen LogP) is 4.23. The Morgan fingerprint density at radius 1 is 1.30 bits per heavy atom. The quantitative estimate of drug-likeness (QED) is 0.835. The van der Waals surface area contributed by atoms with E-state index in [1.165, 1.54) is 16.7 Å². The zero-order chi connectivity index (χ0) is 15.2. The molecule has 1 aromatic rings. The molecule has 1 N–H and O–H groups in total. The van der Waals surface area contributed by atoms with Gasteiger partial charge in [0.25, 0.3) is 0 Å². The minimum Gasteiger partial charge on any atom is -0.444 e. The highest BCUT2D eigenvalue weighted by molar-refractivity contribution is 5.67. The van der Waals surface area contributed by atoms with Gasteiger partial charge in [0.05, 0.1) is 0 Å². The second-order valence-electron chi connectivity index (χ2n) is 5.98. The number of hydrogen-bond acceptors (Lipinski definition) is 2. The highest BCUT2D eigenvalue weighted by Crippen LogP contribution is 2.12. The molecule has 0 heterocycles. The molecule has 1 aromatic carbocycles. The Morgan fingerprint density at radius 3 is 2.65 bits per heavy atom. The maximum atomic E-state index is 11.4. The Kier molecular flexibility index (Phi) is 5.81. The molecule has 0 atom stereocenters. The average molecular weight is 275 g/mol. The maximum absolute atomic E-state index is 11.4. The Bertz CT molecular complexity index is 484. The van der Waals surface area contributed by atoms with Crippen LogP contribution in [0.3, 0.4) is 0 Å². The van der Waals surface area contributed by atoms with Gasteiger partial charge in [-0.25, -0.2) is 4.79 Å². The monoisotopic (exact) mass is 275 g/mol. The molecule has 0 saturated heterocycles. The van der Waals surface area contributed by atoms with Gasteiger partial charge in [0.2, 0.25) is 0 Å². The number of aryl methyl sites for hydroxylation is 2. The molecular weight excluding hydrogens is 250 g/mol. The van der Waals surface area contributed by atoms with Gasteiger partial charge in [-0.2, -0.15) is 0 Å². The molecule has 0 radical (unpaired) electrons. The van der Waals surface area contributed by atoms with E-state index in [1.54, 1.807) is 0 Å². The lowest BCUT2D eigenvalue weighted by molar-refractivity contribution is 0.0529. The first kappa shape index (κ1) is 16.3. The number of rotatable bonds is 4. The van der Waals surface area contributed by atoms with Gasteiger partial charge in [0.15, 0.2) is 0 Å². The summed E-state index contributed by atoms with van der Waals surface area (Å²) in [6.07, 6.45) is 4.59.